The van der Waals surface area contributed by atoms with Crippen LogP contribution in [-0.4, -0.2) is 43.1 Å². The van der Waals surface area contributed by atoms with Crippen molar-refractivity contribution in [3.05, 3.63) is 24.3 Å². The molecule has 3 rings (SSSR count). The zero-order chi connectivity index (χ0) is 13.9. The molecule has 4 nitrogen and oxygen atoms in total. The van der Waals surface area contributed by atoms with Crippen LogP contribution in [-0.2, 0) is 4.79 Å². The summed E-state index contributed by atoms with van der Waals surface area (Å²) in [7, 11) is 0. The molecule has 0 N–H and O–H groups in total. The van der Waals surface area contributed by atoms with Crippen LogP contribution in [0.1, 0.15) is 26.2 Å². The van der Waals surface area contributed by atoms with Crippen LogP contribution in [0.3, 0.4) is 0 Å². The first-order chi connectivity index (χ1) is 9.79. The molecular formula is C16H22N2O2. The van der Waals surface area contributed by atoms with Gasteiger partial charge in [0.15, 0.2) is 6.10 Å². The Bertz CT molecular complexity index is 483. The number of amides is 1. The summed E-state index contributed by atoms with van der Waals surface area (Å²) in [5, 5.41) is 0. The molecule has 1 saturated heterocycles. The lowest BCUT2D eigenvalue weighted by molar-refractivity contribution is -0.139. The molecule has 1 aromatic carbocycles. The van der Waals surface area contributed by atoms with E-state index in [1.54, 1.807) is 0 Å². The first-order valence-corrected chi connectivity index (χ1v) is 7.59. The van der Waals surface area contributed by atoms with E-state index in [2.05, 4.69) is 17.9 Å². The zero-order valence-corrected chi connectivity index (χ0v) is 12.0. The van der Waals surface area contributed by atoms with Gasteiger partial charge in [0, 0.05) is 19.6 Å². The lowest BCUT2D eigenvalue weighted by atomic mass is 10.1. The van der Waals surface area contributed by atoms with Gasteiger partial charge >= 0.3 is 0 Å². The van der Waals surface area contributed by atoms with E-state index in [9.17, 15) is 4.79 Å². The summed E-state index contributed by atoms with van der Waals surface area (Å²) < 4.78 is 5.95. The normalized spacial score (nSPS) is 22.1. The Morgan fingerprint density at radius 2 is 2.00 bits per heavy atom. The van der Waals surface area contributed by atoms with Crippen LogP contribution in [0.25, 0.3) is 0 Å². The number of carbonyl (C=O) groups is 1. The Labute approximate surface area is 120 Å². The average molecular weight is 274 g/mol. The molecule has 2 aliphatic rings. The number of anilines is 1. The standard InChI is InChI=1S/C16H22N2O2/c1-2-17-12-15(16(19)18-10-6-3-7-11-18)20-14-9-5-4-8-13(14)17/h4-5,8-9,15H,2-3,6-7,10-12H2,1H3. The molecule has 4 heteroatoms. The number of likely N-dealkylation sites (N-methyl/N-ethyl adjacent to an activating group) is 1. The maximum Gasteiger partial charge on any atom is 0.265 e. The molecule has 0 radical (unpaired) electrons. The maximum atomic E-state index is 12.6. The second-order valence-electron chi connectivity index (χ2n) is 5.50. The number of para-hydroxylation sites is 2. The van der Waals surface area contributed by atoms with Crippen molar-refractivity contribution in [3.63, 3.8) is 0 Å². The van der Waals surface area contributed by atoms with Gasteiger partial charge in [-0.05, 0) is 38.3 Å². The molecule has 1 fully saturated rings. The van der Waals surface area contributed by atoms with Crippen molar-refractivity contribution in [1.29, 1.82) is 0 Å². The summed E-state index contributed by atoms with van der Waals surface area (Å²) >= 11 is 0. The molecular weight excluding hydrogens is 252 g/mol. The van der Waals surface area contributed by atoms with Crippen LogP contribution >= 0.6 is 0 Å². The Balaban J connectivity index is 1.77. The lowest BCUT2D eigenvalue weighted by Gasteiger charge is -2.37. The minimum Gasteiger partial charge on any atom is -0.477 e. The fraction of sp³-hybridized carbons (Fsp3) is 0.562. The van der Waals surface area contributed by atoms with Crippen LogP contribution in [0, 0.1) is 0 Å². The SMILES string of the molecule is CCN1CC(C(=O)N2CCCCC2)Oc2ccccc21. The Hall–Kier alpha value is -1.71. The summed E-state index contributed by atoms with van der Waals surface area (Å²) in [6.45, 7) is 5.43. The average Bonchev–Trinajstić information content (AvgIpc) is 2.54. The van der Waals surface area contributed by atoms with Crippen LogP contribution in [0.15, 0.2) is 24.3 Å². The third-order valence-electron chi connectivity index (χ3n) is 4.19. The molecule has 2 aliphatic heterocycles. The monoisotopic (exact) mass is 274 g/mol. The van der Waals surface area contributed by atoms with Crippen LogP contribution in [0.4, 0.5) is 5.69 Å². The number of ether oxygens (including phenoxy) is 1. The minimum atomic E-state index is -0.358. The number of hydrogen-bond donors (Lipinski definition) is 0. The highest BCUT2D eigenvalue weighted by Gasteiger charge is 2.33. The number of likely N-dealkylation sites (tertiary alicyclic amines) is 1. The predicted octanol–water partition coefficient (Wildman–Crippen LogP) is 2.29. The maximum absolute atomic E-state index is 12.6. The number of carbonyl (C=O) groups excluding carboxylic acids is 1. The van der Waals surface area contributed by atoms with Gasteiger partial charge in [-0.1, -0.05) is 12.1 Å². The first-order valence-electron chi connectivity index (χ1n) is 7.59. The van der Waals surface area contributed by atoms with Gasteiger partial charge < -0.3 is 14.5 Å². The lowest BCUT2D eigenvalue weighted by Crippen LogP contribution is -2.51. The fourth-order valence-electron chi connectivity index (χ4n) is 3.05. The summed E-state index contributed by atoms with van der Waals surface area (Å²) in [5.41, 5.74) is 1.10. The van der Waals surface area contributed by atoms with E-state index in [1.807, 2.05) is 23.1 Å². The molecule has 20 heavy (non-hydrogen) atoms. The highest BCUT2D eigenvalue weighted by Crippen LogP contribution is 2.33. The van der Waals surface area contributed by atoms with Gasteiger partial charge in [0.25, 0.3) is 5.91 Å². The molecule has 1 unspecified atom stereocenters. The van der Waals surface area contributed by atoms with Gasteiger partial charge in [-0.15, -0.1) is 0 Å². The molecule has 0 bridgehead atoms. The van der Waals surface area contributed by atoms with Gasteiger partial charge in [-0.2, -0.15) is 0 Å². The number of piperidine rings is 1. The quantitative estimate of drug-likeness (QED) is 0.829. The Morgan fingerprint density at radius 3 is 2.75 bits per heavy atom. The molecule has 0 aromatic heterocycles. The van der Waals surface area contributed by atoms with Crippen LogP contribution in [0.2, 0.25) is 0 Å². The molecule has 1 atom stereocenters. The third-order valence-corrected chi connectivity index (χ3v) is 4.19. The number of rotatable bonds is 2. The van der Waals surface area contributed by atoms with E-state index < -0.39 is 0 Å². The Morgan fingerprint density at radius 1 is 1.25 bits per heavy atom. The van der Waals surface area contributed by atoms with Gasteiger partial charge in [0.1, 0.15) is 5.75 Å². The second kappa shape index (κ2) is 5.73. The van der Waals surface area contributed by atoms with Crippen molar-refractivity contribution in [3.8, 4) is 5.75 Å². The topological polar surface area (TPSA) is 32.8 Å². The molecule has 1 amide bonds. The van der Waals surface area contributed by atoms with E-state index in [0.29, 0.717) is 6.54 Å². The van der Waals surface area contributed by atoms with Crippen molar-refractivity contribution in [2.24, 2.45) is 0 Å². The summed E-state index contributed by atoms with van der Waals surface area (Å²) in [6, 6.07) is 7.98. The second-order valence-corrected chi connectivity index (χ2v) is 5.50. The number of nitrogens with zero attached hydrogens (tertiary/aromatic N) is 2. The van der Waals surface area contributed by atoms with Crippen molar-refractivity contribution in [1.82, 2.24) is 4.90 Å². The Kier molecular flexibility index (Phi) is 3.81. The van der Waals surface area contributed by atoms with Crippen LogP contribution < -0.4 is 9.64 Å². The summed E-state index contributed by atoms with van der Waals surface area (Å²) in [5.74, 6) is 0.980. The zero-order valence-electron chi connectivity index (χ0n) is 12.0. The smallest absolute Gasteiger partial charge is 0.265 e. The van der Waals surface area contributed by atoms with E-state index >= 15 is 0 Å². The molecule has 0 aliphatic carbocycles. The number of hydrogen-bond acceptors (Lipinski definition) is 3. The van der Waals surface area contributed by atoms with Crippen molar-refractivity contribution < 1.29 is 9.53 Å². The highest BCUT2D eigenvalue weighted by atomic mass is 16.5. The van der Waals surface area contributed by atoms with Crippen molar-refractivity contribution in [2.45, 2.75) is 32.3 Å². The highest BCUT2D eigenvalue weighted by molar-refractivity contribution is 5.83. The largest absolute Gasteiger partial charge is 0.477 e. The van der Waals surface area contributed by atoms with E-state index in [0.717, 1.165) is 43.9 Å². The van der Waals surface area contributed by atoms with E-state index in [1.165, 1.54) is 6.42 Å². The fourth-order valence-corrected chi connectivity index (χ4v) is 3.05. The van der Waals surface area contributed by atoms with Gasteiger partial charge in [0.05, 0.1) is 12.2 Å². The molecule has 0 spiro atoms. The molecule has 1 aromatic rings. The number of benzene rings is 1. The van der Waals surface area contributed by atoms with Crippen molar-refractivity contribution >= 4 is 11.6 Å². The third kappa shape index (κ3) is 2.47. The summed E-state index contributed by atoms with van der Waals surface area (Å²) in [4.78, 5) is 16.8. The molecule has 0 saturated carbocycles. The van der Waals surface area contributed by atoms with Gasteiger partial charge in [-0.3, -0.25) is 4.79 Å². The first kappa shape index (κ1) is 13.3. The van der Waals surface area contributed by atoms with Gasteiger partial charge in [-0.25, -0.2) is 0 Å². The summed E-state index contributed by atoms with van der Waals surface area (Å²) in [6.07, 6.45) is 3.11. The van der Waals surface area contributed by atoms with E-state index in [-0.39, 0.29) is 12.0 Å². The van der Waals surface area contributed by atoms with Crippen LogP contribution in [0.5, 0.6) is 5.75 Å². The van der Waals surface area contributed by atoms with E-state index in [4.69, 9.17) is 4.74 Å². The molecule has 2 heterocycles. The molecule has 108 valence electrons. The number of fused-ring (bicyclic) bond motifs is 1. The van der Waals surface area contributed by atoms with Gasteiger partial charge in [0.2, 0.25) is 0 Å². The van der Waals surface area contributed by atoms with Crippen molar-refractivity contribution in [2.75, 3.05) is 31.1 Å². The minimum absolute atomic E-state index is 0.151. The predicted molar refractivity (Wildman–Crippen MR) is 79.2 cm³/mol.